The Labute approximate surface area is 86.5 Å². The van der Waals surface area contributed by atoms with Gasteiger partial charge in [-0.3, -0.25) is 9.25 Å². The zero-order chi connectivity index (χ0) is 10.8. The second-order valence-electron chi connectivity index (χ2n) is 3.39. The van der Waals surface area contributed by atoms with Gasteiger partial charge >= 0.3 is 5.69 Å². The van der Waals surface area contributed by atoms with Gasteiger partial charge in [-0.1, -0.05) is 0 Å². The molecule has 0 saturated heterocycles. The van der Waals surface area contributed by atoms with Crippen LogP contribution in [-0.2, 0) is 20.1 Å². The zero-order valence-corrected chi connectivity index (χ0v) is 8.50. The summed E-state index contributed by atoms with van der Waals surface area (Å²) in [5.74, 6) is 0.496. The van der Waals surface area contributed by atoms with Gasteiger partial charge in [0.15, 0.2) is 0 Å². The van der Waals surface area contributed by atoms with Gasteiger partial charge in [0.2, 0.25) is 0 Å². The molecule has 0 aliphatic heterocycles. The van der Waals surface area contributed by atoms with Crippen molar-refractivity contribution in [3.8, 4) is 0 Å². The third-order valence-corrected chi connectivity index (χ3v) is 2.25. The van der Waals surface area contributed by atoms with E-state index >= 15 is 0 Å². The van der Waals surface area contributed by atoms with E-state index < -0.39 is 0 Å². The second-order valence-corrected chi connectivity index (χ2v) is 3.39. The number of anilines is 1. The smallest absolute Gasteiger partial charge is 0.327 e. The summed E-state index contributed by atoms with van der Waals surface area (Å²) in [4.78, 5) is 11.5. The first kappa shape index (κ1) is 9.57. The lowest BCUT2D eigenvalue weighted by atomic mass is 10.6. The standard InChI is InChI=1S/C9H13N5O/c1-12-4-5-13(9(12)15)6-7-14-3-2-8(10)11-14/h2-5H,6-7H2,1H3,(H2,10,11). The van der Waals surface area contributed by atoms with Crippen LogP contribution in [0.3, 0.4) is 0 Å². The van der Waals surface area contributed by atoms with Crippen LogP contribution in [0.5, 0.6) is 0 Å². The van der Waals surface area contributed by atoms with Gasteiger partial charge in [-0.15, -0.1) is 0 Å². The van der Waals surface area contributed by atoms with Crippen LogP contribution in [0.1, 0.15) is 0 Å². The molecule has 0 unspecified atom stereocenters. The molecule has 2 heterocycles. The zero-order valence-electron chi connectivity index (χ0n) is 8.50. The van der Waals surface area contributed by atoms with Crippen LogP contribution in [0.15, 0.2) is 29.5 Å². The van der Waals surface area contributed by atoms with Crippen LogP contribution >= 0.6 is 0 Å². The molecule has 15 heavy (non-hydrogen) atoms. The molecule has 0 radical (unpaired) electrons. The summed E-state index contributed by atoms with van der Waals surface area (Å²) in [7, 11) is 1.73. The molecule has 2 N–H and O–H groups in total. The van der Waals surface area contributed by atoms with Crippen molar-refractivity contribution in [2.45, 2.75) is 13.1 Å². The molecule has 6 heteroatoms. The van der Waals surface area contributed by atoms with Crippen LogP contribution in [-0.4, -0.2) is 18.9 Å². The number of rotatable bonds is 3. The SMILES string of the molecule is Cn1ccn(CCn2ccc(N)n2)c1=O. The van der Waals surface area contributed by atoms with E-state index in [9.17, 15) is 4.79 Å². The van der Waals surface area contributed by atoms with E-state index in [1.165, 1.54) is 4.57 Å². The van der Waals surface area contributed by atoms with E-state index in [1.54, 1.807) is 41.0 Å². The molecule has 0 atom stereocenters. The molecule has 6 nitrogen and oxygen atoms in total. The van der Waals surface area contributed by atoms with Gasteiger partial charge in [0.05, 0.1) is 6.54 Å². The minimum atomic E-state index is -0.0184. The molecule has 2 aromatic heterocycles. The first-order chi connectivity index (χ1) is 7.16. The average Bonchev–Trinajstić information content (AvgIpc) is 2.74. The van der Waals surface area contributed by atoms with Crippen LogP contribution in [0, 0.1) is 0 Å². The van der Waals surface area contributed by atoms with Crippen molar-refractivity contribution < 1.29 is 0 Å². The quantitative estimate of drug-likeness (QED) is 0.748. The largest absolute Gasteiger partial charge is 0.382 e. The van der Waals surface area contributed by atoms with Crippen molar-refractivity contribution in [3.05, 3.63) is 35.1 Å². The fourth-order valence-corrected chi connectivity index (χ4v) is 1.39. The third kappa shape index (κ3) is 1.93. The van der Waals surface area contributed by atoms with Gasteiger partial charge in [0.25, 0.3) is 0 Å². The summed E-state index contributed by atoms with van der Waals surface area (Å²) in [6.45, 7) is 1.24. The summed E-state index contributed by atoms with van der Waals surface area (Å²) in [6.07, 6.45) is 5.29. The first-order valence-corrected chi connectivity index (χ1v) is 4.67. The molecule has 0 fully saturated rings. The number of aromatic nitrogens is 4. The molecular weight excluding hydrogens is 194 g/mol. The third-order valence-electron chi connectivity index (χ3n) is 2.25. The Kier molecular flexibility index (Phi) is 2.32. The summed E-state index contributed by atoms with van der Waals surface area (Å²) in [5, 5.41) is 4.03. The maximum Gasteiger partial charge on any atom is 0.327 e. The van der Waals surface area contributed by atoms with Gasteiger partial charge in [-0.25, -0.2) is 4.79 Å². The molecule has 0 saturated carbocycles. The maximum absolute atomic E-state index is 11.5. The van der Waals surface area contributed by atoms with E-state index in [0.717, 1.165) is 0 Å². The molecule has 0 amide bonds. The number of nitrogens with zero attached hydrogens (tertiary/aromatic N) is 4. The summed E-state index contributed by atoms with van der Waals surface area (Å²) < 4.78 is 4.89. The van der Waals surface area contributed by atoms with Crippen molar-refractivity contribution >= 4 is 5.82 Å². The average molecular weight is 207 g/mol. The Hall–Kier alpha value is -1.98. The Bertz CT molecular complexity index is 507. The highest BCUT2D eigenvalue weighted by Gasteiger charge is 2.00. The fourth-order valence-electron chi connectivity index (χ4n) is 1.39. The molecule has 2 rings (SSSR count). The minimum absolute atomic E-state index is 0.0184. The molecule has 0 bridgehead atoms. The first-order valence-electron chi connectivity index (χ1n) is 4.67. The van der Waals surface area contributed by atoms with Crippen molar-refractivity contribution in [2.75, 3.05) is 5.73 Å². The summed E-state index contributed by atoms with van der Waals surface area (Å²) >= 11 is 0. The van der Waals surface area contributed by atoms with E-state index in [2.05, 4.69) is 5.10 Å². The van der Waals surface area contributed by atoms with Gasteiger partial charge in [0, 0.05) is 32.2 Å². The Balaban J connectivity index is 2.05. The number of nitrogens with two attached hydrogens (primary N) is 1. The maximum atomic E-state index is 11.5. The van der Waals surface area contributed by atoms with Gasteiger partial charge in [-0.2, -0.15) is 5.10 Å². The second kappa shape index (κ2) is 3.64. The highest BCUT2D eigenvalue weighted by molar-refractivity contribution is 5.23. The van der Waals surface area contributed by atoms with E-state index in [-0.39, 0.29) is 5.69 Å². The molecule has 2 aromatic rings. The predicted octanol–water partition coefficient (Wildman–Crippen LogP) is -0.334. The minimum Gasteiger partial charge on any atom is -0.382 e. The Morgan fingerprint density at radius 3 is 2.67 bits per heavy atom. The normalized spacial score (nSPS) is 10.7. The van der Waals surface area contributed by atoms with Crippen LogP contribution in [0.4, 0.5) is 5.82 Å². The highest BCUT2D eigenvalue weighted by Crippen LogP contribution is 1.96. The molecule has 0 aromatic carbocycles. The van der Waals surface area contributed by atoms with Gasteiger partial charge in [0.1, 0.15) is 5.82 Å². The predicted molar refractivity (Wildman–Crippen MR) is 56.3 cm³/mol. The van der Waals surface area contributed by atoms with Gasteiger partial charge < -0.3 is 10.3 Å². The Morgan fingerprint density at radius 1 is 1.33 bits per heavy atom. The van der Waals surface area contributed by atoms with Crippen LogP contribution in [0.25, 0.3) is 0 Å². The van der Waals surface area contributed by atoms with Crippen molar-refractivity contribution in [2.24, 2.45) is 7.05 Å². The van der Waals surface area contributed by atoms with Crippen molar-refractivity contribution in [3.63, 3.8) is 0 Å². The van der Waals surface area contributed by atoms with Crippen molar-refractivity contribution in [1.82, 2.24) is 18.9 Å². The number of hydrogen-bond donors (Lipinski definition) is 1. The number of nitrogen functional groups attached to an aromatic ring is 1. The van der Waals surface area contributed by atoms with E-state index in [0.29, 0.717) is 18.9 Å². The number of hydrogen-bond acceptors (Lipinski definition) is 3. The summed E-state index contributed by atoms with van der Waals surface area (Å²) in [5.41, 5.74) is 5.46. The lowest BCUT2D eigenvalue weighted by molar-refractivity contribution is 0.521. The van der Waals surface area contributed by atoms with Crippen LogP contribution in [0.2, 0.25) is 0 Å². The fraction of sp³-hybridized carbons (Fsp3) is 0.333. The molecule has 80 valence electrons. The topological polar surface area (TPSA) is 70.8 Å². The molecule has 0 aliphatic rings. The van der Waals surface area contributed by atoms with E-state index in [1.807, 2.05) is 0 Å². The van der Waals surface area contributed by atoms with Crippen molar-refractivity contribution in [1.29, 1.82) is 0 Å². The molecule has 0 spiro atoms. The monoisotopic (exact) mass is 207 g/mol. The molecular formula is C9H13N5O. The number of imidazole rings is 1. The van der Waals surface area contributed by atoms with Gasteiger partial charge in [-0.05, 0) is 6.07 Å². The summed E-state index contributed by atoms with van der Waals surface area (Å²) in [6, 6.07) is 1.73. The van der Waals surface area contributed by atoms with Crippen LogP contribution < -0.4 is 11.4 Å². The van der Waals surface area contributed by atoms with E-state index in [4.69, 9.17) is 5.73 Å². The highest BCUT2D eigenvalue weighted by atomic mass is 16.1. The Morgan fingerprint density at radius 2 is 2.13 bits per heavy atom. The number of aryl methyl sites for hydroxylation is 3. The molecule has 0 aliphatic carbocycles. The lowest BCUT2D eigenvalue weighted by Gasteiger charge is -2.01. The lowest BCUT2D eigenvalue weighted by Crippen LogP contribution is -2.23.